The molecule has 0 aliphatic carbocycles. The molecule has 0 aliphatic heterocycles. The summed E-state index contributed by atoms with van der Waals surface area (Å²) in [6.07, 6.45) is 3.61. The molecule has 0 amide bonds. The van der Waals surface area contributed by atoms with Gasteiger partial charge in [-0.1, -0.05) is 0 Å². The Hall–Kier alpha value is -2.86. The molecule has 3 aromatic heterocycles. The molecule has 6 heteroatoms. The number of nitrogens with one attached hydrogen (secondary N) is 2. The minimum Gasteiger partial charge on any atom is -0.381 e. The van der Waals surface area contributed by atoms with Crippen LogP contribution < -0.4 is 11.1 Å². The fourth-order valence-corrected chi connectivity index (χ4v) is 2.96. The molecule has 0 saturated carbocycles. The number of benzene rings is 1. The van der Waals surface area contributed by atoms with Gasteiger partial charge in [0.2, 0.25) is 0 Å². The van der Waals surface area contributed by atoms with Crippen LogP contribution in [0.15, 0.2) is 53.5 Å². The molecule has 108 valence electrons. The van der Waals surface area contributed by atoms with Crippen molar-refractivity contribution in [3.8, 4) is 11.3 Å². The average Bonchev–Trinajstić information content (AvgIpc) is 3.19. The Labute approximate surface area is 130 Å². The smallest absolute Gasteiger partial charge is 0.173 e. The maximum absolute atomic E-state index is 5.94. The van der Waals surface area contributed by atoms with E-state index in [4.69, 9.17) is 5.73 Å². The van der Waals surface area contributed by atoms with Crippen LogP contribution in [-0.4, -0.2) is 15.0 Å². The first kappa shape index (κ1) is 12.8. The summed E-state index contributed by atoms with van der Waals surface area (Å²) in [5, 5.41) is 8.43. The quantitative estimate of drug-likeness (QED) is 0.534. The largest absolute Gasteiger partial charge is 0.381 e. The number of aromatic nitrogens is 3. The third kappa shape index (κ3) is 2.29. The molecule has 0 bridgehead atoms. The van der Waals surface area contributed by atoms with Crippen molar-refractivity contribution in [2.45, 2.75) is 0 Å². The van der Waals surface area contributed by atoms with Gasteiger partial charge in [-0.2, -0.15) is 11.3 Å². The van der Waals surface area contributed by atoms with Crippen LogP contribution >= 0.6 is 11.3 Å². The summed E-state index contributed by atoms with van der Waals surface area (Å²) in [5.74, 6) is 0.951. The zero-order chi connectivity index (χ0) is 14.9. The first-order chi connectivity index (χ1) is 10.8. The lowest BCUT2D eigenvalue weighted by molar-refractivity contribution is 1.21. The molecular weight excluding hydrogens is 294 g/mol. The Morgan fingerprint density at radius 1 is 1.18 bits per heavy atom. The number of anilines is 3. The second-order valence-corrected chi connectivity index (χ2v) is 5.69. The number of nitrogen functional groups attached to an aromatic ring is 1. The fraction of sp³-hybridized carbons (Fsp3) is 0. The van der Waals surface area contributed by atoms with Crippen LogP contribution in [0.25, 0.3) is 22.2 Å². The lowest BCUT2D eigenvalue weighted by atomic mass is 10.2. The van der Waals surface area contributed by atoms with Gasteiger partial charge in [-0.25, -0.2) is 9.97 Å². The van der Waals surface area contributed by atoms with Crippen LogP contribution in [0.3, 0.4) is 0 Å². The third-order valence-electron chi connectivity index (χ3n) is 3.43. The van der Waals surface area contributed by atoms with E-state index in [1.54, 1.807) is 17.5 Å². The molecular formula is C16H13N5S. The molecule has 0 radical (unpaired) electrons. The minimum absolute atomic E-state index is 0.383. The van der Waals surface area contributed by atoms with Gasteiger partial charge in [-0.05, 0) is 35.7 Å². The lowest BCUT2D eigenvalue weighted by Gasteiger charge is -2.09. The molecule has 3 heterocycles. The molecule has 0 unspecified atom stereocenters. The van der Waals surface area contributed by atoms with E-state index >= 15 is 0 Å². The zero-order valence-electron chi connectivity index (χ0n) is 11.6. The fourth-order valence-electron chi connectivity index (χ4n) is 2.31. The standard InChI is InChI=1S/C16H13N5S/c17-15-16(21-14(8-19-15)11-4-6-22-9-11)20-12-1-2-13-10(7-12)3-5-18-13/h1-9,18H,(H2,17,19)(H,20,21). The number of aromatic amines is 1. The molecule has 22 heavy (non-hydrogen) atoms. The lowest BCUT2D eigenvalue weighted by Crippen LogP contribution is -2.02. The van der Waals surface area contributed by atoms with E-state index in [0.717, 1.165) is 27.8 Å². The van der Waals surface area contributed by atoms with Crippen molar-refractivity contribution in [1.29, 1.82) is 0 Å². The van der Waals surface area contributed by atoms with E-state index in [2.05, 4.69) is 20.3 Å². The Morgan fingerprint density at radius 2 is 2.14 bits per heavy atom. The molecule has 0 saturated heterocycles. The Kier molecular flexibility index (Phi) is 3.01. The van der Waals surface area contributed by atoms with Crippen LogP contribution in [0, 0.1) is 0 Å². The monoisotopic (exact) mass is 307 g/mol. The van der Waals surface area contributed by atoms with Crippen molar-refractivity contribution >= 4 is 39.6 Å². The van der Waals surface area contributed by atoms with Gasteiger partial charge < -0.3 is 16.0 Å². The first-order valence-corrected chi connectivity index (χ1v) is 7.73. The van der Waals surface area contributed by atoms with Gasteiger partial charge in [0.25, 0.3) is 0 Å². The number of thiophene rings is 1. The highest BCUT2D eigenvalue weighted by Gasteiger charge is 2.08. The van der Waals surface area contributed by atoms with Gasteiger partial charge in [0.05, 0.1) is 11.9 Å². The molecule has 4 aromatic rings. The Balaban J connectivity index is 1.70. The van der Waals surface area contributed by atoms with Gasteiger partial charge in [0, 0.05) is 33.7 Å². The molecule has 0 spiro atoms. The van der Waals surface area contributed by atoms with Crippen LogP contribution in [0.4, 0.5) is 17.3 Å². The van der Waals surface area contributed by atoms with Gasteiger partial charge in [-0.15, -0.1) is 0 Å². The third-order valence-corrected chi connectivity index (χ3v) is 4.12. The predicted molar refractivity (Wildman–Crippen MR) is 91.3 cm³/mol. The van der Waals surface area contributed by atoms with Crippen LogP contribution in [0.5, 0.6) is 0 Å². The second kappa shape index (κ2) is 5.16. The van der Waals surface area contributed by atoms with E-state index in [0.29, 0.717) is 11.6 Å². The van der Waals surface area contributed by atoms with Crippen molar-refractivity contribution in [3.63, 3.8) is 0 Å². The number of nitrogens with two attached hydrogens (primary N) is 1. The Morgan fingerprint density at radius 3 is 3.00 bits per heavy atom. The highest BCUT2D eigenvalue weighted by Crippen LogP contribution is 2.26. The summed E-state index contributed by atoms with van der Waals surface area (Å²) in [4.78, 5) is 12.0. The molecule has 0 aliphatic rings. The van der Waals surface area contributed by atoms with Crippen molar-refractivity contribution in [2.24, 2.45) is 0 Å². The molecule has 4 rings (SSSR count). The SMILES string of the molecule is Nc1ncc(-c2ccsc2)nc1Nc1ccc2[nH]ccc2c1. The number of hydrogen-bond acceptors (Lipinski definition) is 5. The van der Waals surface area contributed by atoms with E-state index in [1.807, 2.05) is 47.3 Å². The van der Waals surface area contributed by atoms with E-state index in [-0.39, 0.29) is 0 Å². The van der Waals surface area contributed by atoms with Crippen molar-refractivity contribution in [1.82, 2.24) is 15.0 Å². The summed E-state index contributed by atoms with van der Waals surface area (Å²) in [6, 6.07) is 10.1. The van der Waals surface area contributed by atoms with Crippen LogP contribution in [0.1, 0.15) is 0 Å². The Bertz CT molecular complexity index is 927. The summed E-state index contributed by atoms with van der Waals surface area (Å²) in [6.45, 7) is 0. The number of fused-ring (bicyclic) bond motifs is 1. The van der Waals surface area contributed by atoms with Crippen LogP contribution in [0.2, 0.25) is 0 Å². The van der Waals surface area contributed by atoms with E-state index < -0.39 is 0 Å². The van der Waals surface area contributed by atoms with Crippen molar-refractivity contribution in [2.75, 3.05) is 11.1 Å². The highest BCUT2D eigenvalue weighted by atomic mass is 32.1. The number of nitrogens with zero attached hydrogens (tertiary/aromatic N) is 2. The maximum Gasteiger partial charge on any atom is 0.173 e. The second-order valence-electron chi connectivity index (χ2n) is 4.91. The molecule has 0 atom stereocenters. The zero-order valence-corrected chi connectivity index (χ0v) is 12.4. The normalized spacial score (nSPS) is 10.9. The number of rotatable bonds is 3. The number of H-pyrrole nitrogens is 1. The highest BCUT2D eigenvalue weighted by molar-refractivity contribution is 7.08. The summed E-state index contributed by atoms with van der Waals surface area (Å²) in [7, 11) is 0. The number of hydrogen-bond donors (Lipinski definition) is 3. The van der Waals surface area contributed by atoms with Gasteiger partial charge in [0.15, 0.2) is 11.6 Å². The van der Waals surface area contributed by atoms with E-state index in [1.165, 1.54) is 0 Å². The summed E-state index contributed by atoms with van der Waals surface area (Å²) in [5.41, 5.74) is 9.81. The average molecular weight is 307 g/mol. The van der Waals surface area contributed by atoms with Gasteiger partial charge in [0.1, 0.15) is 0 Å². The molecule has 5 nitrogen and oxygen atoms in total. The predicted octanol–water partition coefficient (Wildman–Crippen LogP) is 4.01. The minimum atomic E-state index is 0.383. The molecule has 4 N–H and O–H groups in total. The first-order valence-electron chi connectivity index (χ1n) is 6.79. The maximum atomic E-state index is 5.94. The molecule has 1 aromatic carbocycles. The topological polar surface area (TPSA) is 79.6 Å². The van der Waals surface area contributed by atoms with Crippen LogP contribution in [-0.2, 0) is 0 Å². The van der Waals surface area contributed by atoms with Crippen molar-refractivity contribution in [3.05, 3.63) is 53.5 Å². The summed E-state index contributed by atoms with van der Waals surface area (Å²) < 4.78 is 0. The molecule has 0 fully saturated rings. The van der Waals surface area contributed by atoms with Crippen molar-refractivity contribution < 1.29 is 0 Å². The van der Waals surface area contributed by atoms with Gasteiger partial charge >= 0.3 is 0 Å². The summed E-state index contributed by atoms with van der Waals surface area (Å²) >= 11 is 1.63. The van der Waals surface area contributed by atoms with Gasteiger partial charge in [-0.3, -0.25) is 0 Å². The van der Waals surface area contributed by atoms with E-state index in [9.17, 15) is 0 Å².